The van der Waals surface area contributed by atoms with Crippen LogP contribution in [0, 0.1) is 5.92 Å². The van der Waals surface area contributed by atoms with Gasteiger partial charge in [-0.3, -0.25) is 9.67 Å². The first kappa shape index (κ1) is 18.1. The second-order valence-corrected chi connectivity index (χ2v) is 7.30. The number of aliphatic imine (C=N–C) groups is 1. The van der Waals surface area contributed by atoms with Gasteiger partial charge in [0.1, 0.15) is 5.75 Å². The molecule has 1 saturated carbocycles. The average molecular weight is 377 g/mol. The third kappa shape index (κ3) is 3.87. The van der Waals surface area contributed by atoms with Gasteiger partial charge in [-0.2, -0.15) is 5.10 Å². The normalized spacial score (nSPS) is 22.9. The minimum atomic E-state index is -4.69. The maximum absolute atomic E-state index is 12.4. The Balaban J connectivity index is 1.62. The Morgan fingerprint density at radius 2 is 1.85 bits per heavy atom. The molecule has 0 radical (unpaired) electrons. The number of rotatable bonds is 3. The standard InChI is InChI=1S/C20H22F3N3O/c1-26-19(14-6-9-15(10-7-14)27-20(21,22)23)16(12-24-26)18-11-8-13-4-2-3-5-17(13)25-18/h6-7,9-10,12-13,18H,2-5,8,11H2,1H3. The fourth-order valence-corrected chi connectivity index (χ4v) is 4.26. The van der Waals surface area contributed by atoms with Gasteiger partial charge in [0, 0.05) is 23.9 Å². The van der Waals surface area contributed by atoms with Crippen molar-refractivity contribution in [2.24, 2.45) is 18.0 Å². The van der Waals surface area contributed by atoms with E-state index in [4.69, 9.17) is 4.99 Å². The SMILES string of the molecule is Cn1ncc(C2CCC3CCCCC3=N2)c1-c1ccc(OC(F)(F)F)cc1. The molecule has 7 heteroatoms. The molecule has 2 aromatic rings. The number of aryl methyl sites for hydroxylation is 1. The minimum Gasteiger partial charge on any atom is -0.406 e. The van der Waals surface area contributed by atoms with Gasteiger partial charge < -0.3 is 4.74 Å². The van der Waals surface area contributed by atoms with E-state index in [1.807, 2.05) is 13.2 Å². The van der Waals surface area contributed by atoms with Crippen LogP contribution >= 0.6 is 0 Å². The van der Waals surface area contributed by atoms with Crippen molar-refractivity contribution in [3.63, 3.8) is 0 Å². The molecule has 0 amide bonds. The van der Waals surface area contributed by atoms with Gasteiger partial charge in [-0.05, 0) is 62.3 Å². The highest BCUT2D eigenvalue weighted by Gasteiger charge is 2.32. The molecule has 27 heavy (non-hydrogen) atoms. The summed E-state index contributed by atoms with van der Waals surface area (Å²) < 4.78 is 42.8. The summed E-state index contributed by atoms with van der Waals surface area (Å²) in [6.07, 6.45) is 4.12. The molecule has 1 aromatic carbocycles. The minimum absolute atomic E-state index is 0.0733. The third-order valence-corrected chi connectivity index (χ3v) is 5.50. The molecule has 0 N–H and O–H groups in total. The van der Waals surface area contributed by atoms with E-state index in [0.717, 1.165) is 36.1 Å². The fraction of sp³-hybridized carbons (Fsp3) is 0.500. The zero-order valence-corrected chi connectivity index (χ0v) is 15.2. The highest BCUT2D eigenvalue weighted by Crippen LogP contribution is 2.40. The van der Waals surface area contributed by atoms with Crippen molar-refractivity contribution in [1.29, 1.82) is 0 Å². The number of aromatic nitrogens is 2. The Hall–Kier alpha value is -2.31. The summed E-state index contributed by atoms with van der Waals surface area (Å²) in [5.74, 6) is 0.409. The first-order chi connectivity index (χ1) is 12.9. The molecule has 1 aliphatic heterocycles. The van der Waals surface area contributed by atoms with Gasteiger partial charge in [0.25, 0.3) is 0 Å². The van der Waals surface area contributed by atoms with Crippen LogP contribution in [0.15, 0.2) is 35.5 Å². The number of fused-ring (bicyclic) bond motifs is 1. The van der Waals surface area contributed by atoms with Gasteiger partial charge in [-0.1, -0.05) is 6.42 Å². The van der Waals surface area contributed by atoms with Gasteiger partial charge in [0.05, 0.1) is 17.9 Å². The van der Waals surface area contributed by atoms with Crippen LogP contribution in [0.5, 0.6) is 5.75 Å². The monoisotopic (exact) mass is 377 g/mol. The van der Waals surface area contributed by atoms with Crippen LogP contribution in [0.4, 0.5) is 13.2 Å². The van der Waals surface area contributed by atoms with Gasteiger partial charge in [-0.25, -0.2) is 0 Å². The highest BCUT2D eigenvalue weighted by atomic mass is 19.4. The Kier molecular flexibility index (Phi) is 4.70. The zero-order valence-electron chi connectivity index (χ0n) is 15.2. The van der Waals surface area contributed by atoms with E-state index in [1.165, 1.54) is 37.1 Å². The summed E-state index contributed by atoms with van der Waals surface area (Å²) >= 11 is 0. The van der Waals surface area contributed by atoms with Gasteiger partial charge >= 0.3 is 6.36 Å². The van der Waals surface area contributed by atoms with Crippen molar-refractivity contribution in [2.45, 2.75) is 50.9 Å². The molecule has 2 heterocycles. The van der Waals surface area contributed by atoms with Crippen LogP contribution < -0.4 is 4.74 Å². The smallest absolute Gasteiger partial charge is 0.406 e. The topological polar surface area (TPSA) is 39.4 Å². The summed E-state index contributed by atoms with van der Waals surface area (Å²) in [4.78, 5) is 5.03. The van der Waals surface area contributed by atoms with Crippen LogP contribution in [0.25, 0.3) is 11.3 Å². The highest BCUT2D eigenvalue weighted by molar-refractivity contribution is 5.88. The molecule has 2 unspecified atom stereocenters. The van der Waals surface area contributed by atoms with E-state index in [0.29, 0.717) is 5.92 Å². The van der Waals surface area contributed by atoms with Crippen molar-refractivity contribution < 1.29 is 17.9 Å². The quantitative estimate of drug-likeness (QED) is 0.713. The Morgan fingerprint density at radius 1 is 1.07 bits per heavy atom. The van der Waals surface area contributed by atoms with E-state index in [1.54, 1.807) is 16.8 Å². The number of hydrogen-bond donors (Lipinski definition) is 0. The Labute approximate surface area is 156 Å². The number of nitrogens with zero attached hydrogens (tertiary/aromatic N) is 3. The number of ether oxygens (including phenoxy) is 1. The second-order valence-electron chi connectivity index (χ2n) is 7.30. The van der Waals surface area contributed by atoms with Crippen molar-refractivity contribution in [3.8, 4) is 17.0 Å². The molecular weight excluding hydrogens is 355 g/mol. The van der Waals surface area contributed by atoms with E-state index < -0.39 is 6.36 Å². The first-order valence-electron chi connectivity index (χ1n) is 9.35. The molecule has 0 saturated heterocycles. The van der Waals surface area contributed by atoms with Crippen molar-refractivity contribution in [1.82, 2.24) is 9.78 Å². The van der Waals surface area contributed by atoms with E-state index in [2.05, 4.69) is 9.84 Å². The molecule has 4 rings (SSSR count). The van der Waals surface area contributed by atoms with Crippen LogP contribution in [-0.4, -0.2) is 21.9 Å². The van der Waals surface area contributed by atoms with Crippen molar-refractivity contribution in [2.75, 3.05) is 0 Å². The van der Waals surface area contributed by atoms with Gasteiger partial charge in [0.15, 0.2) is 0 Å². The first-order valence-corrected chi connectivity index (χ1v) is 9.35. The maximum atomic E-state index is 12.4. The molecule has 4 nitrogen and oxygen atoms in total. The lowest BCUT2D eigenvalue weighted by atomic mass is 9.80. The van der Waals surface area contributed by atoms with E-state index >= 15 is 0 Å². The molecule has 1 fully saturated rings. The largest absolute Gasteiger partial charge is 0.573 e. The van der Waals surface area contributed by atoms with Crippen LogP contribution in [0.2, 0.25) is 0 Å². The predicted octanol–water partition coefficient (Wildman–Crippen LogP) is 5.45. The number of alkyl halides is 3. The van der Waals surface area contributed by atoms with Crippen molar-refractivity contribution in [3.05, 3.63) is 36.0 Å². The number of hydrogen-bond acceptors (Lipinski definition) is 3. The summed E-state index contributed by atoms with van der Waals surface area (Å²) in [6.45, 7) is 0. The van der Waals surface area contributed by atoms with Gasteiger partial charge in [-0.15, -0.1) is 13.2 Å². The molecule has 1 aromatic heterocycles. The number of halogens is 3. The predicted molar refractivity (Wildman–Crippen MR) is 96.7 cm³/mol. The molecule has 0 spiro atoms. The molecule has 2 aliphatic rings. The maximum Gasteiger partial charge on any atom is 0.573 e. The summed E-state index contributed by atoms with van der Waals surface area (Å²) in [5.41, 5.74) is 4.09. The fourth-order valence-electron chi connectivity index (χ4n) is 4.26. The summed E-state index contributed by atoms with van der Waals surface area (Å²) in [7, 11) is 1.85. The zero-order chi connectivity index (χ0) is 19.0. The third-order valence-electron chi connectivity index (χ3n) is 5.50. The average Bonchev–Trinajstić information content (AvgIpc) is 3.02. The lowest BCUT2D eigenvalue weighted by Crippen LogP contribution is -2.24. The van der Waals surface area contributed by atoms with Crippen molar-refractivity contribution >= 4 is 5.71 Å². The Bertz CT molecular complexity index is 839. The number of benzene rings is 1. The van der Waals surface area contributed by atoms with Crippen LogP contribution in [0.1, 0.15) is 50.1 Å². The molecule has 144 valence electrons. The van der Waals surface area contributed by atoms with Gasteiger partial charge in [0.2, 0.25) is 0 Å². The van der Waals surface area contributed by atoms with Crippen LogP contribution in [-0.2, 0) is 7.05 Å². The summed E-state index contributed by atoms with van der Waals surface area (Å²) in [5, 5.41) is 4.39. The lowest BCUT2D eigenvalue weighted by molar-refractivity contribution is -0.274. The van der Waals surface area contributed by atoms with Crippen LogP contribution in [0.3, 0.4) is 0 Å². The van der Waals surface area contributed by atoms with E-state index in [9.17, 15) is 13.2 Å². The summed E-state index contributed by atoms with van der Waals surface area (Å²) in [6, 6.07) is 6.03. The lowest BCUT2D eigenvalue weighted by Gasteiger charge is -2.31. The molecule has 2 atom stereocenters. The second kappa shape index (κ2) is 7.02. The molecular formula is C20H22F3N3O. The molecule has 0 bridgehead atoms. The Morgan fingerprint density at radius 3 is 2.59 bits per heavy atom. The molecule has 1 aliphatic carbocycles. The van der Waals surface area contributed by atoms with E-state index in [-0.39, 0.29) is 11.8 Å².